The molecule has 1 atom stereocenters. The lowest BCUT2D eigenvalue weighted by atomic mass is 10.1. The van der Waals surface area contributed by atoms with Crippen LogP contribution in [0.2, 0.25) is 0 Å². The lowest BCUT2D eigenvalue weighted by molar-refractivity contribution is 0.183. The van der Waals surface area contributed by atoms with Crippen molar-refractivity contribution in [1.82, 2.24) is 0 Å². The molecule has 0 saturated heterocycles. The van der Waals surface area contributed by atoms with Gasteiger partial charge in [0.05, 0.1) is 17.9 Å². The summed E-state index contributed by atoms with van der Waals surface area (Å²) in [5, 5.41) is 8.88. The first kappa shape index (κ1) is 12.2. The number of hydrogen-bond donors (Lipinski definition) is 1. The van der Waals surface area contributed by atoms with Crippen LogP contribution in [-0.4, -0.2) is 6.54 Å². The maximum atomic E-state index is 8.88. The number of ether oxygens (including phenoxy) is 1. The second-order valence-electron chi connectivity index (χ2n) is 3.95. The zero-order valence-electron chi connectivity index (χ0n) is 10.1. The molecule has 0 amide bonds. The van der Waals surface area contributed by atoms with Gasteiger partial charge < -0.3 is 14.9 Å². The monoisotopic (exact) mass is 242 g/mol. The van der Waals surface area contributed by atoms with Gasteiger partial charge in [0.15, 0.2) is 6.10 Å². The maximum absolute atomic E-state index is 8.88. The fraction of sp³-hybridized carbons (Fsp3) is 0.214. The van der Waals surface area contributed by atoms with E-state index < -0.39 is 0 Å². The Morgan fingerprint density at radius 2 is 2.28 bits per heavy atom. The van der Waals surface area contributed by atoms with Crippen molar-refractivity contribution in [3.8, 4) is 11.8 Å². The Balaban J connectivity index is 2.25. The molecule has 2 N–H and O–H groups in total. The zero-order valence-corrected chi connectivity index (χ0v) is 10.1. The highest BCUT2D eigenvalue weighted by Gasteiger charge is 2.15. The summed E-state index contributed by atoms with van der Waals surface area (Å²) in [6.45, 7) is 2.23. The van der Waals surface area contributed by atoms with Crippen molar-refractivity contribution in [3.05, 3.63) is 53.5 Å². The van der Waals surface area contributed by atoms with Gasteiger partial charge in [-0.15, -0.1) is 0 Å². The van der Waals surface area contributed by atoms with Gasteiger partial charge in [-0.05, 0) is 36.8 Å². The van der Waals surface area contributed by atoms with Gasteiger partial charge in [-0.3, -0.25) is 0 Å². The van der Waals surface area contributed by atoms with Crippen molar-refractivity contribution in [3.63, 3.8) is 0 Å². The van der Waals surface area contributed by atoms with Crippen molar-refractivity contribution >= 4 is 0 Å². The van der Waals surface area contributed by atoms with E-state index in [9.17, 15) is 0 Å². The molecule has 2 rings (SSSR count). The molecule has 0 bridgehead atoms. The topological polar surface area (TPSA) is 72.2 Å². The van der Waals surface area contributed by atoms with E-state index in [4.69, 9.17) is 20.1 Å². The summed E-state index contributed by atoms with van der Waals surface area (Å²) in [4.78, 5) is 0. The lowest BCUT2D eigenvalue weighted by Gasteiger charge is -2.17. The summed E-state index contributed by atoms with van der Waals surface area (Å²) in [7, 11) is 0. The van der Waals surface area contributed by atoms with Gasteiger partial charge in [0.25, 0.3) is 0 Å². The third-order valence-electron chi connectivity index (χ3n) is 2.66. The molecule has 0 aliphatic rings. The fourth-order valence-electron chi connectivity index (χ4n) is 1.65. The number of nitriles is 1. The smallest absolute Gasteiger partial charge is 0.168 e. The molecular formula is C14H14N2O2. The van der Waals surface area contributed by atoms with E-state index in [1.807, 2.05) is 19.1 Å². The van der Waals surface area contributed by atoms with E-state index in [1.165, 1.54) is 0 Å². The van der Waals surface area contributed by atoms with Gasteiger partial charge in [0, 0.05) is 6.54 Å². The molecule has 1 aromatic heterocycles. The van der Waals surface area contributed by atoms with E-state index in [1.54, 1.807) is 24.5 Å². The summed E-state index contributed by atoms with van der Waals surface area (Å²) in [6.07, 6.45) is 1.24. The predicted molar refractivity (Wildman–Crippen MR) is 67.0 cm³/mol. The van der Waals surface area contributed by atoms with E-state index >= 15 is 0 Å². The Bertz CT molecular complexity index is 556. The Labute approximate surface area is 106 Å². The highest BCUT2D eigenvalue weighted by Crippen LogP contribution is 2.25. The van der Waals surface area contributed by atoms with Gasteiger partial charge in [-0.2, -0.15) is 5.26 Å². The maximum Gasteiger partial charge on any atom is 0.168 e. The molecule has 2 aromatic rings. The van der Waals surface area contributed by atoms with Crippen LogP contribution in [0, 0.1) is 18.3 Å². The van der Waals surface area contributed by atoms with Crippen LogP contribution in [-0.2, 0) is 0 Å². The molecule has 92 valence electrons. The minimum Gasteiger partial charge on any atom is -0.481 e. The summed E-state index contributed by atoms with van der Waals surface area (Å²) in [6, 6.07) is 11.0. The predicted octanol–water partition coefficient (Wildman–Crippen LogP) is 2.54. The highest BCUT2D eigenvalue weighted by atomic mass is 16.5. The van der Waals surface area contributed by atoms with Crippen LogP contribution in [0.5, 0.6) is 5.75 Å². The van der Waals surface area contributed by atoms with Crippen LogP contribution in [0.15, 0.2) is 41.0 Å². The molecule has 1 unspecified atom stereocenters. The molecule has 4 heteroatoms. The fourth-order valence-corrected chi connectivity index (χ4v) is 1.65. The van der Waals surface area contributed by atoms with Crippen LogP contribution in [0.3, 0.4) is 0 Å². The van der Waals surface area contributed by atoms with Crippen LogP contribution in [0.1, 0.15) is 23.0 Å². The van der Waals surface area contributed by atoms with Crippen molar-refractivity contribution < 1.29 is 9.15 Å². The van der Waals surface area contributed by atoms with Gasteiger partial charge in [0.1, 0.15) is 11.5 Å². The first-order valence-corrected chi connectivity index (χ1v) is 5.65. The second kappa shape index (κ2) is 5.39. The normalized spacial score (nSPS) is 11.8. The van der Waals surface area contributed by atoms with Gasteiger partial charge in [-0.25, -0.2) is 0 Å². The zero-order chi connectivity index (χ0) is 13.0. The Hall–Kier alpha value is -2.25. The molecule has 0 fully saturated rings. The summed E-state index contributed by atoms with van der Waals surface area (Å²) < 4.78 is 11.1. The van der Waals surface area contributed by atoms with E-state index in [2.05, 4.69) is 6.07 Å². The van der Waals surface area contributed by atoms with E-state index in [0.717, 1.165) is 5.56 Å². The average molecular weight is 242 g/mol. The van der Waals surface area contributed by atoms with E-state index in [0.29, 0.717) is 23.6 Å². The molecule has 0 aliphatic heterocycles. The first-order valence-electron chi connectivity index (χ1n) is 5.65. The Morgan fingerprint density at radius 1 is 1.44 bits per heavy atom. The molecule has 0 spiro atoms. The lowest BCUT2D eigenvalue weighted by Crippen LogP contribution is -2.18. The minimum absolute atomic E-state index is 0.309. The number of aryl methyl sites for hydroxylation is 1. The Kier molecular flexibility index (Phi) is 3.66. The van der Waals surface area contributed by atoms with Gasteiger partial charge >= 0.3 is 0 Å². The van der Waals surface area contributed by atoms with Crippen LogP contribution < -0.4 is 10.5 Å². The summed E-state index contributed by atoms with van der Waals surface area (Å²) >= 11 is 0. The number of rotatable bonds is 4. The molecule has 0 radical (unpaired) electrons. The van der Waals surface area contributed by atoms with E-state index in [-0.39, 0.29) is 6.10 Å². The van der Waals surface area contributed by atoms with Gasteiger partial charge in [-0.1, -0.05) is 6.07 Å². The van der Waals surface area contributed by atoms with Crippen molar-refractivity contribution in [2.24, 2.45) is 5.73 Å². The molecular weight excluding hydrogens is 228 g/mol. The number of benzene rings is 1. The van der Waals surface area contributed by atoms with Crippen molar-refractivity contribution in [1.29, 1.82) is 5.26 Å². The molecule has 0 aliphatic carbocycles. The minimum atomic E-state index is -0.340. The largest absolute Gasteiger partial charge is 0.481 e. The standard InChI is InChI=1S/C14H14N2O2/c1-10-4-5-11(8-15)7-13(10)18-14(9-16)12-3-2-6-17-12/h2-7,14H,9,16H2,1H3. The molecule has 18 heavy (non-hydrogen) atoms. The second-order valence-corrected chi connectivity index (χ2v) is 3.95. The van der Waals surface area contributed by atoms with Gasteiger partial charge in [0.2, 0.25) is 0 Å². The highest BCUT2D eigenvalue weighted by molar-refractivity contribution is 5.42. The summed E-state index contributed by atoms with van der Waals surface area (Å²) in [5.74, 6) is 1.33. The molecule has 1 heterocycles. The molecule has 4 nitrogen and oxygen atoms in total. The number of nitrogens with zero attached hydrogens (tertiary/aromatic N) is 1. The third-order valence-corrected chi connectivity index (χ3v) is 2.66. The quantitative estimate of drug-likeness (QED) is 0.894. The van der Waals surface area contributed by atoms with Crippen LogP contribution >= 0.6 is 0 Å². The molecule has 0 saturated carbocycles. The SMILES string of the molecule is Cc1ccc(C#N)cc1OC(CN)c1ccco1. The molecule has 1 aromatic carbocycles. The third kappa shape index (κ3) is 2.53. The Morgan fingerprint density at radius 3 is 2.89 bits per heavy atom. The van der Waals surface area contributed by atoms with Crippen molar-refractivity contribution in [2.75, 3.05) is 6.54 Å². The van der Waals surface area contributed by atoms with Crippen LogP contribution in [0.4, 0.5) is 0 Å². The van der Waals surface area contributed by atoms with Crippen LogP contribution in [0.25, 0.3) is 0 Å². The number of nitrogens with two attached hydrogens (primary N) is 1. The summed E-state index contributed by atoms with van der Waals surface area (Å²) in [5.41, 5.74) is 7.20. The first-order chi connectivity index (χ1) is 8.74. The number of hydrogen-bond acceptors (Lipinski definition) is 4. The van der Waals surface area contributed by atoms with Crippen molar-refractivity contribution in [2.45, 2.75) is 13.0 Å². The number of furan rings is 1. The average Bonchev–Trinajstić information content (AvgIpc) is 2.91.